The van der Waals surface area contributed by atoms with Gasteiger partial charge in [0.2, 0.25) is 0 Å². The number of hydrogen-bond acceptors (Lipinski definition) is 5. The van der Waals surface area contributed by atoms with Gasteiger partial charge in [-0.05, 0) is 31.5 Å². The van der Waals surface area contributed by atoms with Crippen LogP contribution in [0.15, 0.2) is 33.5 Å². The van der Waals surface area contributed by atoms with E-state index in [0.29, 0.717) is 24.2 Å². The van der Waals surface area contributed by atoms with Crippen LogP contribution in [0, 0.1) is 0 Å². The Balaban J connectivity index is 2.22. The molecule has 1 heterocycles. The number of rotatable bonds is 5. The van der Waals surface area contributed by atoms with E-state index < -0.39 is 0 Å². The molecule has 0 unspecified atom stereocenters. The minimum Gasteiger partial charge on any atom is -0.423 e. The van der Waals surface area contributed by atoms with Crippen molar-refractivity contribution in [1.29, 1.82) is 1.34 Å². The molecule has 17 heavy (non-hydrogen) atoms. The van der Waals surface area contributed by atoms with E-state index in [4.69, 9.17) is 11.5 Å². The molecule has 1 radical (unpaired) electrons. The summed E-state index contributed by atoms with van der Waals surface area (Å²) in [5.74, 6) is 0. The molecule has 0 saturated heterocycles. The zero-order valence-electron chi connectivity index (χ0n) is 10.1. The predicted molar refractivity (Wildman–Crippen MR) is 73.3 cm³/mol. The summed E-state index contributed by atoms with van der Waals surface area (Å²) in [6, 6.07) is 6.67. The Bertz CT molecular complexity index is 605. The maximum atomic E-state index is 11.1. The van der Waals surface area contributed by atoms with Gasteiger partial charge in [-0.1, -0.05) is 0 Å². The lowest BCUT2D eigenvalue weighted by Gasteiger charge is -2.07. The summed E-state index contributed by atoms with van der Waals surface area (Å²) in [5.41, 5.74) is 7.73. The van der Waals surface area contributed by atoms with Crippen LogP contribution in [-0.4, -0.2) is 15.0 Å². The van der Waals surface area contributed by atoms with Crippen LogP contribution in [0.3, 0.4) is 0 Å². The van der Waals surface area contributed by atoms with Crippen LogP contribution < -0.4 is 16.1 Å². The van der Waals surface area contributed by atoms with E-state index in [2.05, 4.69) is 4.72 Å². The van der Waals surface area contributed by atoms with Crippen LogP contribution in [0.2, 0.25) is 0 Å². The van der Waals surface area contributed by atoms with Crippen LogP contribution in [0.1, 0.15) is 5.56 Å². The molecule has 0 atom stereocenters. The zero-order chi connectivity index (χ0) is 13.0. The molecule has 0 spiro atoms. The monoisotopic (exact) mass is 248 g/mol. The highest BCUT2D eigenvalue weighted by molar-refractivity contribution is 8.18. The Hall–Kier alpha value is -1.40. The number of anilines is 1. The van der Waals surface area contributed by atoms with Crippen molar-refractivity contribution in [2.45, 2.75) is 6.42 Å². The highest BCUT2D eigenvalue weighted by Gasteiger charge is 2.04. The SMILES string of the molecule is [2H][B]SNCCc1cc2oc(=O)ccc2cc1N. The van der Waals surface area contributed by atoms with Gasteiger partial charge in [0.25, 0.3) is 0 Å². The van der Waals surface area contributed by atoms with Gasteiger partial charge >= 0.3 is 5.63 Å². The Morgan fingerprint density at radius 1 is 1.53 bits per heavy atom. The van der Waals surface area contributed by atoms with Crippen molar-refractivity contribution in [2.75, 3.05) is 12.3 Å². The molecule has 0 aliphatic rings. The van der Waals surface area contributed by atoms with E-state index >= 15 is 0 Å². The molecule has 1 aromatic heterocycles. The molecular formula is C11H12BN2O2S. The van der Waals surface area contributed by atoms with Gasteiger partial charge in [-0.15, -0.1) is 11.8 Å². The van der Waals surface area contributed by atoms with Gasteiger partial charge in [-0.25, -0.2) is 4.79 Å². The first-order chi connectivity index (χ1) is 8.70. The van der Waals surface area contributed by atoms with Crippen molar-refractivity contribution >= 4 is 35.5 Å². The number of benzene rings is 1. The van der Waals surface area contributed by atoms with Gasteiger partial charge in [0.1, 0.15) is 5.58 Å². The number of nitrogens with two attached hydrogens (primary N) is 1. The Labute approximate surface area is 105 Å². The molecule has 4 nitrogen and oxygen atoms in total. The lowest BCUT2D eigenvalue weighted by atomic mass is 10.1. The quantitative estimate of drug-likeness (QED) is 0.271. The van der Waals surface area contributed by atoms with Gasteiger partial charge in [-0.3, -0.25) is 4.72 Å². The zero-order valence-corrected chi connectivity index (χ0v) is 9.92. The maximum absolute atomic E-state index is 11.1. The van der Waals surface area contributed by atoms with E-state index in [1.54, 1.807) is 18.2 Å². The molecule has 0 bridgehead atoms. The normalized spacial score (nSPS) is 11.4. The third-order valence-electron chi connectivity index (χ3n) is 2.46. The van der Waals surface area contributed by atoms with Crippen LogP contribution in [0.5, 0.6) is 0 Å². The average molecular weight is 248 g/mol. The van der Waals surface area contributed by atoms with Crippen molar-refractivity contribution in [3.8, 4) is 0 Å². The molecule has 2 rings (SSSR count). The molecule has 3 N–H and O–H groups in total. The highest BCUT2D eigenvalue weighted by Crippen LogP contribution is 2.21. The van der Waals surface area contributed by atoms with Crippen molar-refractivity contribution in [1.82, 2.24) is 4.72 Å². The summed E-state index contributed by atoms with van der Waals surface area (Å²) in [4.78, 5) is 11.1. The van der Waals surface area contributed by atoms with E-state index in [9.17, 15) is 4.79 Å². The first kappa shape index (κ1) is 10.7. The highest BCUT2D eigenvalue weighted by atomic mass is 32.2. The van der Waals surface area contributed by atoms with Crippen molar-refractivity contribution in [2.24, 2.45) is 0 Å². The minimum absolute atomic E-state index is 0.365. The Morgan fingerprint density at radius 2 is 2.41 bits per heavy atom. The molecule has 87 valence electrons. The van der Waals surface area contributed by atoms with Gasteiger partial charge in [0.15, 0.2) is 7.09 Å². The molecule has 0 amide bonds. The van der Waals surface area contributed by atoms with Crippen LogP contribution >= 0.6 is 11.8 Å². The molecule has 0 aliphatic heterocycles. The molecule has 0 saturated carbocycles. The fourth-order valence-corrected chi connectivity index (χ4v) is 1.86. The van der Waals surface area contributed by atoms with Gasteiger partial charge in [0, 0.05) is 23.7 Å². The molecule has 6 heteroatoms. The largest absolute Gasteiger partial charge is 0.423 e. The third kappa shape index (κ3) is 2.84. The second kappa shape index (κ2) is 5.29. The molecule has 2 aromatic rings. The average Bonchev–Trinajstić information content (AvgIpc) is 2.35. The van der Waals surface area contributed by atoms with Gasteiger partial charge in [-0.2, -0.15) is 0 Å². The van der Waals surface area contributed by atoms with Crippen LogP contribution in [0.25, 0.3) is 11.0 Å². The summed E-state index contributed by atoms with van der Waals surface area (Å²) in [6.07, 6.45) is 0.710. The van der Waals surface area contributed by atoms with Crippen molar-refractivity contribution in [3.63, 3.8) is 0 Å². The Kier molecular flexibility index (Phi) is 3.34. The van der Waals surface area contributed by atoms with E-state index in [1.807, 2.05) is 0 Å². The first-order valence-corrected chi connectivity index (χ1v) is 5.99. The van der Waals surface area contributed by atoms with Crippen molar-refractivity contribution < 1.29 is 4.42 Å². The predicted octanol–water partition coefficient (Wildman–Crippen LogP) is 0.971. The number of fused-ring (bicyclic) bond motifs is 1. The molecule has 1 aromatic carbocycles. The smallest absolute Gasteiger partial charge is 0.336 e. The van der Waals surface area contributed by atoms with E-state index in [-0.39, 0.29) is 5.63 Å². The van der Waals surface area contributed by atoms with Crippen molar-refractivity contribution in [3.05, 3.63) is 40.2 Å². The topological polar surface area (TPSA) is 68.3 Å². The number of nitrogen functional groups attached to an aromatic ring is 1. The molecular weight excluding hydrogens is 235 g/mol. The molecule has 0 fully saturated rings. The minimum atomic E-state index is -0.365. The summed E-state index contributed by atoms with van der Waals surface area (Å²) in [7, 11) is 1.22. The summed E-state index contributed by atoms with van der Waals surface area (Å²) >= 11 is 1.22. The summed E-state index contributed by atoms with van der Waals surface area (Å²) in [5, 5.41) is 0.817. The fourth-order valence-electron chi connectivity index (χ4n) is 1.64. The third-order valence-corrected chi connectivity index (χ3v) is 2.83. The lowest BCUT2D eigenvalue weighted by molar-refractivity contribution is 0.560. The van der Waals surface area contributed by atoms with Crippen LogP contribution in [-0.2, 0) is 6.42 Å². The number of hydrogen-bond donors (Lipinski definition) is 2. The second-order valence-corrected chi connectivity index (χ2v) is 4.13. The lowest BCUT2D eigenvalue weighted by Crippen LogP contribution is -2.09. The fraction of sp³-hybridized carbons (Fsp3) is 0.182. The summed E-state index contributed by atoms with van der Waals surface area (Å²) in [6.45, 7) is 0.687. The summed E-state index contributed by atoms with van der Waals surface area (Å²) < 4.78 is 15.0. The second-order valence-electron chi connectivity index (χ2n) is 3.61. The van der Waals surface area contributed by atoms with Gasteiger partial charge in [0.05, 0.1) is 0 Å². The molecule has 0 aliphatic carbocycles. The Morgan fingerprint density at radius 3 is 3.24 bits per heavy atom. The van der Waals surface area contributed by atoms with E-state index in [1.165, 1.54) is 25.0 Å². The van der Waals surface area contributed by atoms with E-state index in [0.717, 1.165) is 10.9 Å². The maximum Gasteiger partial charge on any atom is 0.336 e. The van der Waals surface area contributed by atoms with Gasteiger partial charge < -0.3 is 10.2 Å². The first-order valence-electron chi connectivity index (χ1n) is 5.69. The standard InChI is InChI=1S/C11H12BN2O2S/c12-17-14-4-3-7-6-10-8(5-9(7)13)1-2-11(15)16-10/h1-2,5-6,12,14H,3-4,13H2/i12D. The number of nitrogens with one attached hydrogen (secondary N) is 1. The van der Waals surface area contributed by atoms with Crippen LogP contribution in [0.4, 0.5) is 5.69 Å².